The van der Waals surface area contributed by atoms with Crippen LogP contribution in [0.5, 0.6) is 0 Å². The molecule has 2 unspecified atom stereocenters. The molecule has 0 aromatic carbocycles. The first-order valence-electron chi connectivity index (χ1n) is 6.13. The average molecular weight is 300 g/mol. The van der Waals surface area contributed by atoms with Crippen molar-refractivity contribution in [1.82, 2.24) is 0 Å². The van der Waals surface area contributed by atoms with E-state index in [4.69, 9.17) is 4.74 Å². The van der Waals surface area contributed by atoms with E-state index in [2.05, 4.69) is 4.18 Å². The number of halogens is 3. The van der Waals surface area contributed by atoms with Crippen molar-refractivity contribution in [3.63, 3.8) is 0 Å². The van der Waals surface area contributed by atoms with Crippen LogP contribution in [0.2, 0.25) is 0 Å². The molecule has 0 aromatic rings. The molecule has 8 heteroatoms. The highest BCUT2D eigenvalue weighted by Crippen LogP contribution is 2.71. The molecule has 2 bridgehead atoms. The Kier molecular flexibility index (Phi) is 2.35. The van der Waals surface area contributed by atoms with Crippen LogP contribution in [0.4, 0.5) is 13.2 Å². The smallest absolute Gasteiger partial charge is 0.366 e. The molecule has 1 spiro atoms. The van der Waals surface area contributed by atoms with E-state index < -0.39 is 26.8 Å². The number of hydrogen-bond donors (Lipinski definition) is 0. The van der Waals surface area contributed by atoms with E-state index >= 15 is 0 Å². The quantitative estimate of drug-likeness (QED) is 0.446. The van der Waals surface area contributed by atoms with E-state index in [1.165, 1.54) is 0 Å². The Labute approximate surface area is 109 Å². The van der Waals surface area contributed by atoms with Gasteiger partial charge in [-0.3, -0.25) is 4.18 Å². The minimum absolute atomic E-state index is 0.137. The molecule has 3 fully saturated rings. The summed E-state index contributed by atoms with van der Waals surface area (Å²) in [5.74, 6) is 0.137. The molecule has 1 saturated heterocycles. The maximum absolute atomic E-state index is 12.5. The van der Waals surface area contributed by atoms with Crippen molar-refractivity contribution in [1.29, 1.82) is 0 Å². The minimum Gasteiger partial charge on any atom is -0.366 e. The number of alkyl halides is 3. The zero-order chi connectivity index (χ0) is 14.3. The molecule has 19 heavy (non-hydrogen) atoms. The van der Waals surface area contributed by atoms with Crippen LogP contribution >= 0.6 is 0 Å². The first-order chi connectivity index (χ1) is 8.48. The van der Waals surface area contributed by atoms with E-state index in [0.29, 0.717) is 19.3 Å². The first-order valence-corrected chi connectivity index (χ1v) is 7.54. The molecule has 3 rings (SSSR count). The van der Waals surface area contributed by atoms with Gasteiger partial charge in [0.1, 0.15) is 11.2 Å². The summed E-state index contributed by atoms with van der Waals surface area (Å²) in [4.78, 5) is 0. The lowest BCUT2D eigenvalue weighted by Gasteiger charge is -2.41. The Morgan fingerprint density at radius 1 is 1.32 bits per heavy atom. The lowest BCUT2D eigenvalue weighted by molar-refractivity contribution is -0.0839. The van der Waals surface area contributed by atoms with Crippen molar-refractivity contribution in [2.24, 2.45) is 11.3 Å². The molecular weight excluding hydrogens is 285 g/mol. The molecule has 2 aliphatic carbocycles. The van der Waals surface area contributed by atoms with Gasteiger partial charge in [-0.25, -0.2) is 0 Å². The molecule has 1 heterocycles. The van der Waals surface area contributed by atoms with E-state index in [1.54, 1.807) is 0 Å². The van der Waals surface area contributed by atoms with Gasteiger partial charge in [0.2, 0.25) is 0 Å². The maximum atomic E-state index is 12.5. The monoisotopic (exact) mass is 300 g/mol. The van der Waals surface area contributed by atoms with Gasteiger partial charge in [-0.05, 0) is 25.2 Å². The third-order valence-corrected chi connectivity index (χ3v) is 6.36. The lowest BCUT2D eigenvalue weighted by Crippen LogP contribution is -2.53. The Balaban J connectivity index is 1.98. The fraction of sp³-hybridized carbons (Fsp3) is 1.00. The van der Waals surface area contributed by atoms with Crippen LogP contribution in [0, 0.1) is 11.3 Å². The molecule has 0 N–H and O–H groups in total. The van der Waals surface area contributed by atoms with E-state index in [0.717, 1.165) is 0 Å². The fourth-order valence-electron chi connectivity index (χ4n) is 4.02. The molecule has 4 nitrogen and oxygen atoms in total. The van der Waals surface area contributed by atoms with Crippen LogP contribution in [0.3, 0.4) is 0 Å². The third kappa shape index (κ3) is 1.45. The highest BCUT2D eigenvalue weighted by molar-refractivity contribution is 7.87. The zero-order valence-corrected chi connectivity index (χ0v) is 11.4. The normalized spacial score (nSPS) is 43.9. The summed E-state index contributed by atoms with van der Waals surface area (Å²) in [7, 11) is -5.59. The number of fused-ring (bicyclic) bond motifs is 3. The number of epoxide rings is 1. The summed E-state index contributed by atoms with van der Waals surface area (Å²) < 4.78 is 70.3. The number of rotatable bonds is 2. The predicted octanol–water partition coefficient (Wildman–Crippen LogP) is 2.20. The minimum atomic E-state index is -5.59. The fourth-order valence-corrected chi connectivity index (χ4v) is 4.82. The Hall–Kier alpha value is -0.340. The van der Waals surface area contributed by atoms with Crippen LogP contribution < -0.4 is 0 Å². The van der Waals surface area contributed by atoms with Crippen molar-refractivity contribution in [3.8, 4) is 0 Å². The summed E-state index contributed by atoms with van der Waals surface area (Å²) in [6, 6.07) is 0. The lowest BCUT2D eigenvalue weighted by atomic mass is 9.67. The van der Waals surface area contributed by atoms with Gasteiger partial charge in [-0.15, -0.1) is 0 Å². The molecule has 0 amide bonds. The first kappa shape index (κ1) is 13.6. The third-order valence-electron chi connectivity index (χ3n) is 5.26. The topological polar surface area (TPSA) is 55.9 Å². The molecule has 3 aliphatic rings. The van der Waals surface area contributed by atoms with E-state index in [-0.39, 0.29) is 17.9 Å². The SMILES string of the molecule is CC1(C)C2CCC(OS(=O)(=O)C(F)(F)F)(C2)[C@]12CO2. The maximum Gasteiger partial charge on any atom is 0.523 e. The van der Waals surface area contributed by atoms with E-state index in [9.17, 15) is 21.6 Å². The van der Waals surface area contributed by atoms with E-state index in [1.807, 2.05) is 13.8 Å². The van der Waals surface area contributed by atoms with Gasteiger partial charge in [0, 0.05) is 5.41 Å². The number of hydrogen-bond acceptors (Lipinski definition) is 4. The Morgan fingerprint density at radius 2 is 1.89 bits per heavy atom. The second-order valence-corrected chi connectivity index (χ2v) is 7.79. The number of ether oxygens (including phenoxy) is 1. The van der Waals surface area contributed by atoms with Gasteiger partial charge in [0.25, 0.3) is 0 Å². The van der Waals surface area contributed by atoms with Gasteiger partial charge >= 0.3 is 15.6 Å². The van der Waals surface area contributed by atoms with Crippen molar-refractivity contribution < 1.29 is 30.5 Å². The van der Waals surface area contributed by atoms with Crippen molar-refractivity contribution in [2.45, 2.75) is 49.8 Å². The molecule has 3 atom stereocenters. The van der Waals surface area contributed by atoms with Crippen molar-refractivity contribution in [3.05, 3.63) is 0 Å². The summed E-state index contributed by atoms with van der Waals surface area (Å²) >= 11 is 0. The molecule has 0 aromatic heterocycles. The van der Waals surface area contributed by atoms with Gasteiger partial charge in [-0.2, -0.15) is 21.6 Å². The van der Waals surface area contributed by atoms with Crippen LogP contribution in [0.15, 0.2) is 0 Å². The predicted molar refractivity (Wildman–Crippen MR) is 58.6 cm³/mol. The summed E-state index contributed by atoms with van der Waals surface area (Å²) in [5.41, 5.74) is -7.95. The Morgan fingerprint density at radius 3 is 2.37 bits per heavy atom. The van der Waals surface area contributed by atoms with Crippen LogP contribution in [-0.4, -0.2) is 31.7 Å². The van der Waals surface area contributed by atoms with Crippen molar-refractivity contribution >= 4 is 10.1 Å². The van der Waals surface area contributed by atoms with Gasteiger partial charge < -0.3 is 4.74 Å². The second-order valence-electron chi connectivity index (χ2n) is 6.25. The second kappa shape index (κ2) is 3.28. The van der Waals surface area contributed by atoms with Gasteiger partial charge in [0.15, 0.2) is 0 Å². The molecule has 1 aliphatic heterocycles. The standard InChI is InChI=1S/C11H15F3O4S/c1-8(2)7-3-4-9(5-7,10(8)6-17-10)18-19(15,16)11(12,13)14/h7H,3-6H2,1-2H3/t7?,9?,10-/m0/s1. The zero-order valence-electron chi connectivity index (χ0n) is 10.6. The largest absolute Gasteiger partial charge is 0.523 e. The van der Waals surface area contributed by atoms with Crippen molar-refractivity contribution in [2.75, 3.05) is 6.61 Å². The Bertz CT molecular complexity index is 521. The molecule has 0 radical (unpaired) electrons. The highest BCUT2D eigenvalue weighted by Gasteiger charge is 2.80. The average Bonchev–Trinajstić information content (AvgIpc) is 2.90. The summed E-state index contributed by atoms with van der Waals surface area (Å²) in [5, 5.41) is 0. The highest BCUT2D eigenvalue weighted by atomic mass is 32.2. The molecular formula is C11H15F3O4S. The molecule has 110 valence electrons. The van der Waals surface area contributed by atoms with Crippen LogP contribution in [0.25, 0.3) is 0 Å². The summed E-state index contributed by atoms with van der Waals surface area (Å²) in [6.07, 6.45) is 1.29. The van der Waals surface area contributed by atoms with Gasteiger partial charge in [-0.1, -0.05) is 13.8 Å². The van der Waals surface area contributed by atoms with Crippen LogP contribution in [0.1, 0.15) is 33.1 Å². The summed E-state index contributed by atoms with van der Waals surface area (Å²) in [6.45, 7) is 4.09. The van der Waals surface area contributed by atoms with Crippen LogP contribution in [-0.2, 0) is 19.0 Å². The molecule has 2 saturated carbocycles. The van der Waals surface area contributed by atoms with Gasteiger partial charge in [0.05, 0.1) is 6.61 Å².